The molecule has 2 rings (SSSR count). The van der Waals surface area contributed by atoms with Crippen LogP contribution in [0.4, 0.5) is 0 Å². The van der Waals surface area contributed by atoms with E-state index >= 15 is 0 Å². The van der Waals surface area contributed by atoms with Crippen molar-refractivity contribution < 1.29 is 4.74 Å². The molecule has 0 saturated carbocycles. The Hall–Kier alpha value is -0.450. The molecule has 0 saturated heterocycles. The number of benzene rings is 2. The molecule has 2 nitrogen and oxygen atoms in total. The highest BCUT2D eigenvalue weighted by atomic mass is 79.9. The van der Waals surface area contributed by atoms with Gasteiger partial charge in [0.2, 0.25) is 0 Å². The summed E-state index contributed by atoms with van der Waals surface area (Å²) >= 11 is 21.4. The predicted octanol–water partition coefficient (Wildman–Crippen LogP) is 5.92. The zero-order valence-electron chi connectivity index (χ0n) is 10.5. The molecule has 0 aliphatic rings. The standard InChI is InChI=1S/C14H11BrCl3NO/c1-19-7-8-2-3-9(15)4-13(8)20-14-6-11(17)10(16)5-12(14)18/h2-6,19H,7H2,1H3. The molecular formula is C14H11BrCl3NO. The van der Waals surface area contributed by atoms with Crippen LogP contribution >= 0.6 is 50.7 Å². The average Bonchev–Trinajstić information content (AvgIpc) is 2.39. The first-order chi connectivity index (χ1) is 9.51. The number of hydrogen-bond acceptors (Lipinski definition) is 2. The Balaban J connectivity index is 2.38. The molecule has 6 heteroatoms. The summed E-state index contributed by atoms with van der Waals surface area (Å²) in [5, 5.41) is 4.30. The Kier molecular flexibility index (Phi) is 5.58. The summed E-state index contributed by atoms with van der Waals surface area (Å²) in [7, 11) is 1.87. The Labute approximate surface area is 141 Å². The molecule has 2 aromatic rings. The van der Waals surface area contributed by atoms with Crippen molar-refractivity contribution >= 4 is 50.7 Å². The Bertz CT molecular complexity index is 634. The monoisotopic (exact) mass is 393 g/mol. The molecule has 0 amide bonds. The van der Waals surface area contributed by atoms with Crippen molar-refractivity contribution in [3.8, 4) is 11.5 Å². The van der Waals surface area contributed by atoms with Gasteiger partial charge in [0.1, 0.15) is 11.5 Å². The fraction of sp³-hybridized carbons (Fsp3) is 0.143. The zero-order chi connectivity index (χ0) is 14.7. The molecule has 1 N–H and O–H groups in total. The van der Waals surface area contributed by atoms with Gasteiger partial charge in [-0.3, -0.25) is 0 Å². The Morgan fingerprint density at radius 3 is 2.40 bits per heavy atom. The van der Waals surface area contributed by atoms with Gasteiger partial charge in [0.05, 0.1) is 15.1 Å². The van der Waals surface area contributed by atoms with E-state index < -0.39 is 0 Å². The highest BCUT2D eigenvalue weighted by molar-refractivity contribution is 9.10. The van der Waals surface area contributed by atoms with Crippen LogP contribution in [0.15, 0.2) is 34.8 Å². The molecular weight excluding hydrogens is 384 g/mol. The minimum absolute atomic E-state index is 0.397. The lowest BCUT2D eigenvalue weighted by Crippen LogP contribution is -2.06. The van der Waals surface area contributed by atoms with E-state index in [1.807, 2.05) is 25.2 Å². The molecule has 0 radical (unpaired) electrons. The molecule has 106 valence electrons. The smallest absolute Gasteiger partial charge is 0.147 e. The summed E-state index contributed by atoms with van der Waals surface area (Å²) < 4.78 is 6.78. The molecule has 0 aromatic heterocycles. The Morgan fingerprint density at radius 2 is 1.70 bits per heavy atom. The summed E-state index contributed by atoms with van der Waals surface area (Å²) in [4.78, 5) is 0. The third-order valence-electron chi connectivity index (χ3n) is 2.59. The van der Waals surface area contributed by atoms with Crippen molar-refractivity contribution in [1.29, 1.82) is 0 Å². The molecule has 0 aliphatic carbocycles. The van der Waals surface area contributed by atoms with E-state index in [1.54, 1.807) is 12.1 Å². The number of halogens is 4. The largest absolute Gasteiger partial charge is 0.455 e. The zero-order valence-corrected chi connectivity index (χ0v) is 14.4. The van der Waals surface area contributed by atoms with Crippen LogP contribution < -0.4 is 10.1 Å². The molecule has 0 spiro atoms. The second kappa shape index (κ2) is 7.01. The van der Waals surface area contributed by atoms with Gasteiger partial charge < -0.3 is 10.1 Å². The maximum atomic E-state index is 6.13. The van der Waals surface area contributed by atoms with E-state index in [2.05, 4.69) is 21.2 Å². The first kappa shape index (κ1) is 15.9. The molecule has 2 aromatic carbocycles. The van der Waals surface area contributed by atoms with Gasteiger partial charge in [0, 0.05) is 22.6 Å². The first-order valence-corrected chi connectivity index (χ1v) is 7.69. The van der Waals surface area contributed by atoms with Crippen molar-refractivity contribution in [1.82, 2.24) is 5.32 Å². The fourth-order valence-corrected chi connectivity index (χ4v) is 2.58. The van der Waals surface area contributed by atoms with Gasteiger partial charge in [0.15, 0.2) is 0 Å². The van der Waals surface area contributed by atoms with Crippen LogP contribution in [0.2, 0.25) is 15.1 Å². The third-order valence-corrected chi connectivity index (χ3v) is 4.10. The highest BCUT2D eigenvalue weighted by Gasteiger charge is 2.11. The highest BCUT2D eigenvalue weighted by Crippen LogP contribution is 2.37. The van der Waals surface area contributed by atoms with Gasteiger partial charge in [-0.2, -0.15) is 0 Å². The van der Waals surface area contributed by atoms with E-state index in [0.29, 0.717) is 33.1 Å². The maximum Gasteiger partial charge on any atom is 0.147 e. The Morgan fingerprint density at radius 1 is 1.00 bits per heavy atom. The van der Waals surface area contributed by atoms with Crippen LogP contribution in [0.3, 0.4) is 0 Å². The lowest BCUT2D eigenvalue weighted by molar-refractivity contribution is 0.474. The number of nitrogens with one attached hydrogen (secondary N) is 1. The van der Waals surface area contributed by atoms with Crippen molar-refractivity contribution in [2.75, 3.05) is 7.05 Å². The molecule has 0 heterocycles. The molecule has 0 atom stereocenters. The van der Waals surface area contributed by atoms with Crippen molar-refractivity contribution in [3.63, 3.8) is 0 Å². The van der Waals surface area contributed by atoms with Gasteiger partial charge in [-0.1, -0.05) is 56.8 Å². The predicted molar refractivity (Wildman–Crippen MR) is 88.5 cm³/mol. The molecule has 0 bridgehead atoms. The second-order valence-corrected chi connectivity index (χ2v) is 6.22. The molecule has 0 unspecified atom stereocenters. The fourth-order valence-electron chi connectivity index (χ4n) is 1.66. The van der Waals surface area contributed by atoms with E-state index in [9.17, 15) is 0 Å². The molecule has 0 fully saturated rings. The van der Waals surface area contributed by atoms with Crippen LogP contribution in [0.25, 0.3) is 0 Å². The SMILES string of the molecule is CNCc1ccc(Br)cc1Oc1cc(Cl)c(Cl)cc1Cl. The van der Waals surface area contributed by atoms with Gasteiger partial charge in [-0.25, -0.2) is 0 Å². The van der Waals surface area contributed by atoms with E-state index in [0.717, 1.165) is 10.0 Å². The summed E-state index contributed by atoms with van der Waals surface area (Å²) in [6.07, 6.45) is 0. The molecule has 0 aliphatic heterocycles. The van der Waals surface area contributed by atoms with Crippen molar-refractivity contribution in [2.24, 2.45) is 0 Å². The van der Waals surface area contributed by atoms with Crippen molar-refractivity contribution in [2.45, 2.75) is 6.54 Å². The lowest BCUT2D eigenvalue weighted by atomic mass is 10.2. The van der Waals surface area contributed by atoms with Crippen LogP contribution in [0.1, 0.15) is 5.56 Å². The second-order valence-electron chi connectivity index (χ2n) is 4.08. The number of hydrogen-bond donors (Lipinski definition) is 1. The molecule has 20 heavy (non-hydrogen) atoms. The van der Waals surface area contributed by atoms with Gasteiger partial charge in [0.25, 0.3) is 0 Å². The lowest BCUT2D eigenvalue weighted by Gasteiger charge is -2.13. The van der Waals surface area contributed by atoms with Crippen LogP contribution in [0, 0.1) is 0 Å². The van der Waals surface area contributed by atoms with Gasteiger partial charge >= 0.3 is 0 Å². The normalized spacial score (nSPS) is 10.7. The van der Waals surface area contributed by atoms with E-state index in [1.165, 1.54) is 0 Å². The van der Waals surface area contributed by atoms with E-state index in [-0.39, 0.29) is 0 Å². The summed E-state index contributed by atoms with van der Waals surface area (Å²) in [5.74, 6) is 1.17. The minimum Gasteiger partial charge on any atom is -0.455 e. The third kappa shape index (κ3) is 3.80. The van der Waals surface area contributed by atoms with Crippen LogP contribution in [-0.2, 0) is 6.54 Å². The first-order valence-electron chi connectivity index (χ1n) is 5.76. The number of rotatable bonds is 4. The summed E-state index contributed by atoms with van der Waals surface area (Å²) in [6, 6.07) is 8.98. The van der Waals surface area contributed by atoms with Gasteiger partial charge in [-0.05, 0) is 25.2 Å². The topological polar surface area (TPSA) is 21.3 Å². The summed E-state index contributed by atoms with van der Waals surface area (Å²) in [5.41, 5.74) is 1.01. The summed E-state index contributed by atoms with van der Waals surface area (Å²) in [6.45, 7) is 0.682. The van der Waals surface area contributed by atoms with E-state index in [4.69, 9.17) is 39.5 Å². The van der Waals surface area contributed by atoms with Gasteiger partial charge in [-0.15, -0.1) is 0 Å². The van der Waals surface area contributed by atoms with Crippen molar-refractivity contribution in [3.05, 3.63) is 55.4 Å². The maximum absolute atomic E-state index is 6.13. The minimum atomic E-state index is 0.397. The van der Waals surface area contributed by atoms with Crippen LogP contribution in [-0.4, -0.2) is 7.05 Å². The number of ether oxygens (including phenoxy) is 1. The quantitative estimate of drug-likeness (QED) is 0.649. The van der Waals surface area contributed by atoms with Crippen LogP contribution in [0.5, 0.6) is 11.5 Å². The average molecular weight is 396 g/mol.